The van der Waals surface area contributed by atoms with Gasteiger partial charge in [-0.05, 0) is 18.4 Å². The predicted octanol–water partition coefficient (Wildman–Crippen LogP) is 1.46. The van der Waals surface area contributed by atoms with Gasteiger partial charge in [0.25, 0.3) is 0 Å². The molecule has 1 unspecified atom stereocenters. The number of carbonyl (C=O) groups is 1. The Morgan fingerprint density at radius 3 is 2.65 bits per heavy atom. The Hall–Kier alpha value is -1.63. The maximum Gasteiger partial charge on any atom is 0.315 e. The van der Waals surface area contributed by atoms with Crippen LogP contribution < -0.4 is 10.6 Å². The average Bonchev–Trinajstić information content (AvgIpc) is 2.61. The average molecular weight is 322 g/mol. The van der Waals surface area contributed by atoms with Gasteiger partial charge in [0.15, 0.2) is 0 Å². The minimum Gasteiger partial charge on any atom is -0.396 e. The summed E-state index contributed by atoms with van der Waals surface area (Å²) in [6, 6.07) is 9.26. The molecule has 128 valence electrons. The molecule has 0 aliphatic carbocycles. The van der Waals surface area contributed by atoms with Crippen LogP contribution in [0.15, 0.2) is 30.3 Å². The van der Waals surface area contributed by atoms with Crippen molar-refractivity contribution in [3.05, 3.63) is 35.9 Å². The topological polar surface area (TPSA) is 79.8 Å². The summed E-state index contributed by atoms with van der Waals surface area (Å²) in [5.74, 6) is 0. The van der Waals surface area contributed by atoms with Crippen molar-refractivity contribution in [2.45, 2.75) is 18.9 Å². The van der Waals surface area contributed by atoms with Crippen LogP contribution in [0.5, 0.6) is 0 Å². The van der Waals surface area contributed by atoms with Crippen LogP contribution in [0.2, 0.25) is 0 Å². The van der Waals surface area contributed by atoms with Gasteiger partial charge in [-0.15, -0.1) is 0 Å². The highest BCUT2D eigenvalue weighted by molar-refractivity contribution is 5.74. The standard InChI is InChI=1S/C17H26N2O4/c1-22-12-9-18-16(21)19-15(14-5-3-2-4-6-14)17(13-20)7-10-23-11-8-17/h2-6,15,20H,7-13H2,1H3,(H2,18,19,21). The molecule has 1 aromatic carbocycles. The van der Waals surface area contributed by atoms with Crippen LogP contribution in [-0.2, 0) is 9.47 Å². The molecule has 0 bridgehead atoms. The number of carbonyl (C=O) groups excluding carboxylic acids is 1. The smallest absolute Gasteiger partial charge is 0.315 e. The highest BCUT2D eigenvalue weighted by Crippen LogP contribution is 2.42. The second-order valence-electron chi connectivity index (χ2n) is 5.87. The lowest BCUT2D eigenvalue weighted by Crippen LogP contribution is -2.49. The van der Waals surface area contributed by atoms with Gasteiger partial charge in [0.1, 0.15) is 0 Å². The number of aliphatic hydroxyl groups excluding tert-OH is 1. The largest absolute Gasteiger partial charge is 0.396 e. The summed E-state index contributed by atoms with van der Waals surface area (Å²) in [7, 11) is 1.59. The molecule has 1 saturated heterocycles. The third kappa shape index (κ3) is 4.67. The molecular weight excluding hydrogens is 296 g/mol. The van der Waals surface area contributed by atoms with Crippen molar-refractivity contribution in [3.8, 4) is 0 Å². The van der Waals surface area contributed by atoms with Gasteiger partial charge in [0.05, 0.1) is 19.3 Å². The van der Waals surface area contributed by atoms with E-state index in [2.05, 4.69) is 10.6 Å². The van der Waals surface area contributed by atoms with E-state index in [9.17, 15) is 9.90 Å². The highest BCUT2D eigenvalue weighted by atomic mass is 16.5. The van der Waals surface area contributed by atoms with E-state index in [0.717, 1.165) is 5.56 Å². The van der Waals surface area contributed by atoms with Crippen molar-refractivity contribution in [2.75, 3.05) is 40.1 Å². The number of methoxy groups -OCH3 is 1. The summed E-state index contributed by atoms with van der Waals surface area (Å²) >= 11 is 0. The molecule has 1 aromatic rings. The predicted molar refractivity (Wildman–Crippen MR) is 87.2 cm³/mol. The molecule has 0 spiro atoms. The summed E-state index contributed by atoms with van der Waals surface area (Å²) in [5.41, 5.74) is 0.586. The molecule has 6 heteroatoms. The Morgan fingerprint density at radius 1 is 1.35 bits per heavy atom. The summed E-state index contributed by atoms with van der Waals surface area (Å²) in [6.07, 6.45) is 1.42. The van der Waals surface area contributed by atoms with Gasteiger partial charge in [0, 0.05) is 32.3 Å². The zero-order chi connectivity index (χ0) is 16.5. The normalized spacial score (nSPS) is 18.2. The van der Waals surface area contributed by atoms with Crippen molar-refractivity contribution in [1.29, 1.82) is 0 Å². The summed E-state index contributed by atoms with van der Waals surface area (Å²) in [6.45, 7) is 2.10. The van der Waals surface area contributed by atoms with Crippen molar-refractivity contribution < 1.29 is 19.4 Å². The van der Waals surface area contributed by atoms with Gasteiger partial charge in [-0.25, -0.2) is 4.79 Å². The molecule has 1 aliphatic heterocycles. The molecule has 0 saturated carbocycles. The molecular formula is C17H26N2O4. The molecule has 0 aromatic heterocycles. The van der Waals surface area contributed by atoms with Gasteiger partial charge in [0.2, 0.25) is 0 Å². The number of rotatable bonds is 7. The summed E-state index contributed by atoms with van der Waals surface area (Å²) < 4.78 is 10.4. The Morgan fingerprint density at radius 2 is 2.04 bits per heavy atom. The monoisotopic (exact) mass is 322 g/mol. The number of nitrogens with one attached hydrogen (secondary N) is 2. The van der Waals surface area contributed by atoms with E-state index in [1.807, 2.05) is 30.3 Å². The van der Waals surface area contributed by atoms with Gasteiger partial charge in [-0.1, -0.05) is 30.3 Å². The van der Waals surface area contributed by atoms with E-state index in [0.29, 0.717) is 39.2 Å². The Kier molecular flexibility index (Phi) is 6.83. The first-order valence-corrected chi connectivity index (χ1v) is 7.99. The van der Waals surface area contributed by atoms with E-state index >= 15 is 0 Å². The molecule has 2 rings (SSSR count). The minimum absolute atomic E-state index is 0.00821. The van der Waals surface area contributed by atoms with Crippen LogP contribution in [0.1, 0.15) is 24.4 Å². The molecule has 1 atom stereocenters. The fraction of sp³-hybridized carbons (Fsp3) is 0.588. The fourth-order valence-corrected chi connectivity index (χ4v) is 3.00. The van der Waals surface area contributed by atoms with Crippen LogP contribution in [-0.4, -0.2) is 51.2 Å². The number of hydrogen-bond donors (Lipinski definition) is 3. The molecule has 23 heavy (non-hydrogen) atoms. The Balaban J connectivity index is 2.16. The van der Waals surface area contributed by atoms with Gasteiger partial charge >= 0.3 is 6.03 Å². The van der Waals surface area contributed by atoms with Gasteiger partial charge < -0.3 is 25.2 Å². The lowest BCUT2D eigenvalue weighted by Gasteiger charge is -2.42. The first kappa shape index (κ1) is 17.7. The van der Waals surface area contributed by atoms with Crippen molar-refractivity contribution >= 4 is 6.03 Å². The third-order valence-corrected chi connectivity index (χ3v) is 4.42. The van der Waals surface area contributed by atoms with Crippen LogP contribution in [0.25, 0.3) is 0 Å². The van der Waals surface area contributed by atoms with Crippen molar-refractivity contribution in [3.63, 3.8) is 0 Å². The first-order valence-electron chi connectivity index (χ1n) is 7.99. The molecule has 2 amide bonds. The number of aliphatic hydroxyl groups is 1. The van der Waals surface area contributed by atoms with Crippen molar-refractivity contribution in [2.24, 2.45) is 5.41 Å². The van der Waals surface area contributed by atoms with Crippen LogP contribution >= 0.6 is 0 Å². The van der Waals surface area contributed by atoms with E-state index in [-0.39, 0.29) is 18.7 Å². The van der Waals surface area contributed by atoms with Crippen LogP contribution in [0, 0.1) is 5.41 Å². The molecule has 6 nitrogen and oxygen atoms in total. The SMILES string of the molecule is COCCNC(=O)NC(c1ccccc1)C1(CO)CCOCC1. The fourth-order valence-electron chi connectivity index (χ4n) is 3.00. The number of amides is 2. The zero-order valence-electron chi connectivity index (χ0n) is 13.6. The van der Waals surface area contributed by atoms with E-state index in [1.54, 1.807) is 7.11 Å². The molecule has 0 radical (unpaired) electrons. The lowest BCUT2D eigenvalue weighted by molar-refractivity contribution is -0.0360. The summed E-state index contributed by atoms with van der Waals surface area (Å²) in [4.78, 5) is 12.2. The van der Waals surface area contributed by atoms with E-state index in [4.69, 9.17) is 9.47 Å². The number of urea groups is 1. The van der Waals surface area contributed by atoms with Gasteiger partial charge in [-0.3, -0.25) is 0 Å². The van der Waals surface area contributed by atoms with E-state index in [1.165, 1.54) is 0 Å². The number of benzene rings is 1. The third-order valence-electron chi connectivity index (χ3n) is 4.42. The van der Waals surface area contributed by atoms with Gasteiger partial charge in [-0.2, -0.15) is 0 Å². The van der Waals surface area contributed by atoms with Crippen LogP contribution in [0.3, 0.4) is 0 Å². The molecule has 1 fully saturated rings. The molecule has 3 N–H and O–H groups in total. The quantitative estimate of drug-likeness (QED) is 0.664. The summed E-state index contributed by atoms with van der Waals surface area (Å²) in [5, 5.41) is 15.9. The second-order valence-corrected chi connectivity index (χ2v) is 5.87. The Bertz CT molecular complexity index is 475. The minimum atomic E-state index is -0.405. The Labute approximate surface area is 137 Å². The maximum absolute atomic E-state index is 12.2. The first-order chi connectivity index (χ1) is 11.2. The second kappa shape index (κ2) is 8.86. The lowest BCUT2D eigenvalue weighted by atomic mass is 9.72. The molecule has 1 heterocycles. The number of hydrogen-bond acceptors (Lipinski definition) is 4. The van der Waals surface area contributed by atoms with Crippen LogP contribution in [0.4, 0.5) is 4.79 Å². The maximum atomic E-state index is 12.2. The zero-order valence-corrected chi connectivity index (χ0v) is 13.6. The number of ether oxygens (including phenoxy) is 2. The highest BCUT2D eigenvalue weighted by Gasteiger charge is 2.41. The molecule has 1 aliphatic rings. The van der Waals surface area contributed by atoms with Crippen molar-refractivity contribution in [1.82, 2.24) is 10.6 Å². The van der Waals surface area contributed by atoms with E-state index < -0.39 is 5.41 Å².